The number of Topliss-reactive ketones (excluding diaryl/α,β-unsaturated/α-hetero) is 1. The molecule has 0 amide bonds. The highest BCUT2D eigenvalue weighted by Gasteiger charge is 2.15. The van der Waals surface area contributed by atoms with Crippen LogP contribution in [0.15, 0.2) is 18.2 Å². The van der Waals surface area contributed by atoms with Crippen molar-refractivity contribution in [3.05, 3.63) is 23.8 Å². The van der Waals surface area contributed by atoms with Gasteiger partial charge in [0.2, 0.25) is 5.78 Å². The zero-order valence-corrected chi connectivity index (χ0v) is 10.7. The third-order valence-electron chi connectivity index (χ3n) is 2.31. The van der Waals surface area contributed by atoms with Gasteiger partial charge in [-0.1, -0.05) is 6.07 Å². The average molecular weight is 252 g/mol. The minimum absolute atomic E-state index is 0.0184. The first-order valence-electron chi connectivity index (χ1n) is 5.53. The molecule has 0 saturated heterocycles. The Morgan fingerprint density at radius 1 is 1.17 bits per heavy atom. The standard InChI is InChI=1S/C13H16O5/c1-4-18-11-6-5-9(8-12(11)16-2)7-10(14)13(15)17-3/h5-6,8H,4,7H2,1-3H3. The van der Waals surface area contributed by atoms with Crippen molar-refractivity contribution in [3.63, 3.8) is 0 Å². The molecule has 5 nitrogen and oxygen atoms in total. The van der Waals surface area contributed by atoms with E-state index in [9.17, 15) is 9.59 Å². The smallest absolute Gasteiger partial charge is 0.374 e. The highest BCUT2D eigenvalue weighted by molar-refractivity contribution is 6.34. The van der Waals surface area contributed by atoms with Gasteiger partial charge in [0.25, 0.3) is 0 Å². The molecule has 0 atom stereocenters. The van der Waals surface area contributed by atoms with Crippen LogP contribution in [0.3, 0.4) is 0 Å². The predicted molar refractivity (Wildman–Crippen MR) is 64.9 cm³/mol. The second kappa shape index (κ2) is 6.64. The number of hydrogen-bond donors (Lipinski definition) is 0. The minimum atomic E-state index is -0.845. The molecule has 0 aromatic heterocycles. The summed E-state index contributed by atoms with van der Waals surface area (Å²) in [6.45, 7) is 2.39. The quantitative estimate of drug-likeness (QED) is 0.565. The summed E-state index contributed by atoms with van der Waals surface area (Å²) < 4.78 is 14.9. The van der Waals surface area contributed by atoms with Gasteiger partial charge in [0, 0.05) is 6.42 Å². The number of hydrogen-bond acceptors (Lipinski definition) is 5. The van der Waals surface area contributed by atoms with E-state index in [-0.39, 0.29) is 6.42 Å². The molecule has 0 saturated carbocycles. The molecular weight excluding hydrogens is 236 g/mol. The van der Waals surface area contributed by atoms with Gasteiger partial charge in [0.15, 0.2) is 11.5 Å². The van der Waals surface area contributed by atoms with Crippen LogP contribution < -0.4 is 9.47 Å². The summed E-state index contributed by atoms with van der Waals surface area (Å²) in [7, 11) is 2.70. The van der Waals surface area contributed by atoms with Crippen LogP contribution in [-0.2, 0) is 20.7 Å². The summed E-state index contributed by atoms with van der Waals surface area (Å²) in [5, 5.41) is 0. The topological polar surface area (TPSA) is 61.8 Å². The molecule has 0 aliphatic heterocycles. The molecule has 1 rings (SSSR count). The van der Waals surface area contributed by atoms with Gasteiger partial charge in [0.1, 0.15) is 0 Å². The van der Waals surface area contributed by atoms with E-state index in [1.165, 1.54) is 14.2 Å². The van der Waals surface area contributed by atoms with E-state index in [2.05, 4.69) is 4.74 Å². The Hall–Kier alpha value is -2.04. The average Bonchev–Trinajstić information content (AvgIpc) is 2.39. The molecule has 0 spiro atoms. The van der Waals surface area contributed by atoms with Gasteiger partial charge < -0.3 is 14.2 Å². The summed E-state index contributed by atoms with van der Waals surface area (Å²) >= 11 is 0. The number of esters is 1. The summed E-state index contributed by atoms with van der Waals surface area (Å²) in [6.07, 6.45) is -0.0184. The molecule has 1 aromatic rings. The summed E-state index contributed by atoms with van der Waals surface area (Å²) in [4.78, 5) is 22.4. The van der Waals surface area contributed by atoms with E-state index < -0.39 is 11.8 Å². The van der Waals surface area contributed by atoms with Gasteiger partial charge >= 0.3 is 5.97 Å². The van der Waals surface area contributed by atoms with Crippen LogP contribution in [0.1, 0.15) is 12.5 Å². The van der Waals surface area contributed by atoms with Crippen LogP contribution in [0, 0.1) is 0 Å². The molecule has 0 aliphatic carbocycles. The Labute approximate surface area is 106 Å². The van der Waals surface area contributed by atoms with Crippen LogP contribution in [-0.4, -0.2) is 32.6 Å². The van der Waals surface area contributed by atoms with Crippen molar-refractivity contribution in [2.75, 3.05) is 20.8 Å². The lowest BCUT2D eigenvalue weighted by Crippen LogP contribution is -2.17. The number of rotatable bonds is 6. The predicted octanol–water partition coefficient (Wildman–Crippen LogP) is 1.38. The molecule has 0 N–H and O–H groups in total. The van der Waals surface area contributed by atoms with Gasteiger partial charge in [-0.2, -0.15) is 0 Å². The van der Waals surface area contributed by atoms with Crippen LogP contribution in [0.25, 0.3) is 0 Å². The molecule has 0 unspecified atom stereocenters. The van der Waals surface area contributed by atoms with Gasteiger partial charge in [-0.25, -0.2) is 4.79 Å². The molecule has 1 aromatic carbocycles. The molecule has 0 fully saturated rings. The number of methoxy groups -OCH3 is 2. The van der Waals surface area contributed by atoms with E-state index in [0.717, 1.165) is 0 Å². The largest absolute Gasteiger partial charge is 0.493 e. The van der Waals surface area contributed by atoms with E-state index in [4.69, 9.17) is 9.47 Å². The Morgan fingerprint density at radius 2 is 1.89 bits per heavy atom. The lowest BCUT2D eigenvalue weighted by atomic mass is 10.1. The minimum Gasteiger partial charge on any atom is -0.493 e. The molecule has 0 heterocycles. The number of benzene rings is 1. The number of carbonyl (C=O) groups excluding carboxylic acids is 2. The van der Waals surface area contributed by atoms with E-state index in [1.807, 2.05) is 6.92 Å². The SMILES string of the molecule is CCOc1ccc(CC(=O)C(=O)OC)cc1OC. The van der Waals surface area contributed by atoms with Crippen molar-refractivity contribution in [2.45, 2.75) is 13.3 Å². The monoisotopic (exact) mass is 252 g/mol. The van der Waals surface area contributed by atoms with Crippen molar-refractivity contribution in [1.82, 2.24) is 0 Å². The first-order chi connectivity index (χ1) is 8.62. The van der Waals surface area contributed by atoms with E-state index >= 15 is 0 Å². The fraction of sp³-hybridized carbons (Fsp3) is 0.385. The number of ketones is 1. The molecule has 98 valence electrons. The van der Waals surface area contributed by atoms with Gasteiger partial charge in [-0.3, -0.25) is 4.79 Å². The molecule has 0 bridgehead atoms. The Kier molecular flexibility index (Phi) is 5.17. The normalized spacial score (nSPS) is 9.72. The van der Waals surface area contributed by atoms with Crippen LogP contribution in [0.4, 0.5) is 0 Å². The van der Waals surface area contributed by atoms with Gasteiger partial charge in [0.05, 0.1) is 20.8 Å². The van der Waals surface area contributed by atoms with Crippen molar-refractivity contribution >= 4 is 11.8 Å². The fourth-order valence-electron chi connectivity index (χ4n) is 1.47. The maximum absolute atomic E-state index is 11.4. The Bertz CT molecular complexity index is 439. The second-order valence-corrected chi connectivity index (χ2v) is 3.51. The first-order valence-corrected chi connectivity index (χ1v) is 5.53. The molecular formula is C13H16O5. The second-order valence-electron chi connectivity index (χ2n) is 3.51. The maximum atomic E-state index is 11.4. The van der Waals surface area contributed by atoms with Crippen molar-refractivity contribution < 1.29 is 23.8 Å². The van der Waals surface area contributed by atoms with Gasteiger partial charge in [-0.05, 0) is 24.6 Å². The zero-order chi connectivity index (χ0) is 13.5. The third-order valence-corrected chi connectivity index (χ3v) is 2.31. The summed E-state index contributed by atoms with van der Waals surface area (Å²) in [5.74, 6) is -0.298. The Morgan fingerprint density at radius 3 is 2.44 bits per heavy atom. The first kappa shape index (κ1) is 14.0. The molecule has 0 aliphatic rings. The maximum Gasteiger partial charge on any atom is 0.374 e. The lowest BCUT2D eigenvalue weighted by Gasteiger charge is -2.10. The molecule has 0 radical (unpaired) electrons. The summed E-state index contributed by atoms with van der Waals surface area (Å²) in [6, 6.07) is 5.10. The van der Waals surface area contributed by atoms with E-state index in [1.54, 1.807) is 18.2 Å². The molecule has 5 heteroatoms. The van der Waals surface area contributed by atoms with Crippen LogP contribution in [0.2, 0.25) is 0 Å². The van der Waals surface area contributed by atoms with Crippen molar-refractivity contribution in [1.29, 1.82) is 0 Å². The third kappa shape index (κ3) is 3.48. The lowest BCUT2D eigenvalue weighted by molar-refractivity contribution is -0.151. The van der Waals surface area contributed by atoms with Crippen molar-refractivity contribution in [3.8, 4) is 11.5 Å². The molecule has 18 heavy (non-hydrogen) atoms. The fourth-order valence-corrected chi connectivity index (χ4v) is 1.47. The number of carbonyl (C=O) groups is 2. The van der Waals surface area contributed by atoms with Crippen LogP contribution in [0.5, 0.6) is 11.5 Å². The summed E-state index contributed by atoms with van der Waals surface area (Å²) in [5.41, 5.74) is 0.672. The Balaban J connectivity index is 2.85. The van der Waals surface area contributed by atoms with Crippen LogP contribution >= 0.6 is 0 Å². The highest BCUT2D eigenvalue weighted by atomic mass is 16.5. The highest BCUT2D eigenvalue weighted by Crippen LogP contribution is 2.28. The van der Waals surface area contributed by atoms with E-state index in [0.29, 0.717) is 23.7 Å². The van der Waals surface area contributed by atoms with Gasteiger partial charge in [-0.15, -0.1) is 0 Å². The van der Waals surface area contributed by atoms with Crippen molar-refractivity contribution in [2.24, 2.45) is 0 Å². The number of ether oxygens (including phenoxy) is 3. The zero-order valence-electron chi connectivity index (χ0n) is 10.7.